The summed E-state index contributed by atoms with van der Waals surface area (Å²) in [6.07, 6.45) is 1.71. The second-order valence-corrected chi connectivity index (χ2v) is 4.45. The summed E-state index contributed by atoms with van der Waals surface area (Å²) in [5, 5.41) is 6.08. The third-order valence-electron chi connectivity index (χ3n) is 3.02. The SMILES string of the molecule is Cc1ccnc(NC(=O)[C@@H]2CNC[C@H]2C)c1. The van der Waals surface area contributed by atoms with Crippen molar-refractivity contribution >= 4 is 11.7 Å². The highest BCUT2D eigenvalue weighted by Crippen LogP contribution is 2.17. The zero-order valence-corrected chi connectivity index (χ0v) is 9.66. The average molecular weight is 219 g/mol. The Morgan fingerprint density at radius 3 is 3.00 bits per heavy atom. The van der Waals surface area contributed by atoms with E-state index in [4.69, 9.17) is 0 Å². The van der Waals surface area contributed by atoms with E-state index in [1.54, 1.807) is 6.20 Å². The number of anilines is 1. The molecule has 1 aliphatic rings. The van der Waals surface area contributed by atoms with E-state index in [-0.39, 0.29) is 11.8 Å². The molecule has 4 nitrogen and oxygen atoms in total. The number of hydrogen-bond acceptors (Lipinski definition) is 3. The van der Waals surface area contributed by atoms with Gasteiger partial charge in [-0.25, -0.2) is 4.98 Å². The van der Waals surface area contributed by atoms with Crippen LogP contribution in [-0.2, 0) is 4.79 Å². The van der Waals surface area contributed by atoms with Gasteiger partial charge in [0.1, 0.15) is 5.82 Å². The molecule has 2 atom stereocenters. The van der Waals surface area contributed by atoms with Gasteiger partial charge in [0.15, 0.2) is 0 Å². The van der Waals surface area contributed by atoms with Gasteiger partial charge in [0.2, 0.25) is 5.91 Å². The largest absolute Gasteiger partial charge is 0.316 e. The maximum absolute atomic E-state index is 11.9. The minimum absolute atomic E-state index is 0.0577. The number of nitrogens with one attached hydrogen (secondary N) is 2. The first kappa shape index (κ1) is 11.1. The molecule has 2 heterocycles. The van der Waals surface area contributed by atoms with Crippen molar-refractivity contribution in [3.05, 3.63) is 23.9 Å². The smallest absolute Gasteiger partial charge is 0.230 e. The number of rotatable bonds is 2. The van der Waals surface area contributed by atoms with Crippen molar-refractivity contribution in [1.29, 1.82) is 0 Å². The van der Waals surface area contributed by atoms with Crippen LogP contribution in [0.25, 0.3) is 0 Å². The number of aryl methyl sites for hydroxylation is 1. The molecule has 2 N–H and O–H groups in total. The van der Waals surface area contributed by atoms with Crippen LogP contribution in [-0.4, -0.2) is 24.0 Å². The van der Waals surface area contributed by atoms with Crippen LogP contribution in [0.4, 0.5) is 5.82 Å². The first-order valence-corrected chi connectivity index (χ1v) is 5.61. The summed E-state index contributed by atoms with van der Waals surface area (Å²) < 4.78 is 0. The molecule has 0 spiro atoms. The second kappa shape index (κ2) is 4.61. The lowest BCUT2D eigenvalue weighted by atomic mass is 9.97. The van der Waals surface area contributed by atoms with Crippen LogP contribution in [0.15, 0.2) is 18.3 Å². The highest BCUT2D eigenvalue weighted by Gasteiger charge is 2.29. The van der Waals surface area contributed by atoms with Gasteiger partial charge >= 0.3 is 0 Å². The highest BCUT2D eigenvalue weighted by atomic mass is 16.2. The van der Waals surface area contributed by atoms with Gasteiger partial charge in [-0.3, -0.25) is 4.79 Å². The van der Waals surface area contributed by atoms with Gasteiger partial charge in [-0.15, -0.1) is 0 Å². The fourth-order valence-electron chi connectivity index (χ4n) is 1.98. The number of pyridine rings is 1. The highest BCUT2D eigenvalue weighted by molar-refractivity contribution is 5.92. The van der Waals surface area contributed by atoms with Crippen LogP contribution in [0.1, 0.15) is 12.5 Å². The minimum atomic E-state index is 0.0577. The molecule has 0 radical (unpaired) electrons. The third-order valence-corrected chi connectivity index (χ3v) is 3.02. The molecule has 1 saturated heterocycles. The Labute approximate surface area is 95.5 Å². The average Bonchev–Trinajstić information content (AvgIpc) is 2.64. The summed E-state index contributed by atoms with van der Waals surface area (Å²) in [5.74, 6) is 1.16. The molecule has 86 valence electrons. The van der Waals surface area contributed by atoms with Crippen LogP contribution >= 0.6 is 0 Å². The van der Waals surface area contributed by atoms with Crippen molar-refractivity contribution < 1.29 is 4.79 Å². The Morgan fingerprint density at radius 1 is 1.56 bits per heavy atom. The number of aromatic nitrogens is 1. The van der Waals surface area contributed by atoms with Crippen molar-refractivity contribution in [2.45, 2.75) is 13.8 Å². The first-order chi connectivity index (χ1) is 7.66. The summed E-state index contributed by atoms with van der Waals surface area (Å²) in [7, 11) is 0. The summed E-state index contributed by atoms with van der Waals surface area (Å²) in [5.41, 5.74) is 1.10. The summed E-state index contributed by atoms with van der Waals surface area (Å²) in [4.78, 5) is 16.1. The van der Waals surface area contributed by atoms with E-state index < -0.39 is 0 Å². The zero-order chi connectivity index (χ0) is 11.5. The predicted molar refractivity (Wildman–Crippen MR) is 63.1 cm³/mol. The van der Waals surface area contributed by atoms with Gasteiger partial charge in [0.05, 0.1) is 5.92 Å². The predicted octanol–water partition coefficient (Wildman–Crippen LogP) is 1.18. The molecule has 1 amide bonds. The molecule has 16 heavy (non-hydrogen) atoms. The fourth-order valence-corrected chi connectivity index (χ4v) is 1.98. The van der Waals surface area contributed by atoms with Crippen LogP contribution < -0.4 is 10.6 Å². The van der Waals surface area contributed by atoms with E-state index in [0.29, 0.717) is 11.7 Å². The maximum atomic E-state index is 11.9. The molecule has 1 aliphatic heterocycles. The molecule has 1 aromatic rings. The molecule has 0 aliphatic carbocycles. The molecular formula is C12H17N3O. The van der Waals surface area contributed by atoms with Gasteiger partial charge in [0.25, 0.3) is 0 Å². The Kier molecular flexibility index (Phi) is 3.19. The first-order valence-electron chi connectivity index (χ1n) is 5.61. The van der Waals surface area contributed by atoms with Gasteiger partial charge in [-0.1, -0.05) is 6.92 Å². The lowest BCUT2D eigenvalue weighted by Crippen LogP contribution is -2.28. The van der Waals surface area contributed by atoms with Gasteiger partial charge in [0, 0.05) is 12.7 Å². The number of carbonyl (C=O) groups is 1. The molecule has 4 heteroatoms. The van der Waals surface area contributed by atoms with Gasteiger partial charge < -0.3 is 10.6 Å². The van der Waals surface area contributed by atoms with E-state index in [9.17, 15) is 4.79 Å². The molecule has 0 unspecified atom stereocenters. The molecule has 0 saturated carbocycles. The summed E-state index contributed by atoms with van der Waals surface area (Å²) in [6.45, 7) is 5.75. The summed E-state index contributed by atoms with van der Waals surface area (Å²) >= 11 is 0. The monoisotopic (exact) mass is 219 g/mol. The zero-order valence-electron chi connectivity index (χ0n) is 9.66. The molecular weight excluding hydrogens is 202 g/mol. The fraction of sp³-hybridized carbons (Fsp3) is 0.500. The quantitative estimate of drug-likeness (QED) is 0.785. The van der Waals surface area contributed by atoms with E-state index >= 15 is 0 Å². The van der Waals surface area contributed by atoms with E-state index in [1.807, 2.05) is 19.1 Å². The molecule has 0 bridgehead atoms. The normalized spacial score (nSPS) is 24.4. The van der Waals surface area contributed by atoms with Crippen LogP contribution in [0, 0.1) is 18.8 Å². The van der Waals surface area contributed by atoms with Crippen molar-refractivity contribution in [3.8, 4) is 0 Å². The number of carbonyl (C=O) groups excluding carboxylic acids is 1. The Morgan fingerprint density at radius 2 is 2.38 bits per heavy atom. The second-order valence-electron chi connectivity index (χ2n) is 4.45. The Bertz CT molecular complexity index is 392. The van der Waals surface area contributed by atoms with Crippen molar-refractivity contribution in [2.75, 3.05) is 18.4 Å². The topological polar surface area (TPSA) is 54.0 Å². The maximum Gasteiger partial charge on any atom is 0.230 e. The molecule has 0 aromatic carbocycles. The number of hydrogen-bond donors (Lipinski definition) is 2. The van der Waals surface area contributed by atoms with Crippen molar-refractivity contribution in [3.63, 3.8) is 0 Å². The van der Waals surface area contributed by atoms with E-state index in [2.05, 4.69) is 22.5 Å². The Hall–Kier alpha value is -1.42. The Balaban J connectivity index is 2.02. The lowest BCUT2D eigenvalue weighted by molar-refractivity contribution is -0.120. The van der Waals surface area contributed by atoms with Gasteiger partial charge in [-0.05, 0) is 37.1 Å². The summed E-state index contributed by atoms with van der Waals surface area (Å²) in [6, 6.07) is 3.79. The number of nitrogens with zero attached hydrogens (tertiary/aromatic N) is 1. The minimum Gasteiger partial charge on any atom is -0.316 e. The van der Waals surface area contributed by atoms with Crippen molar-refractivity contribution in [1.82, 2.24) is 10.3 Å². The van der Waals surface area contributed by atoms with Crippen LogP contribution in [0.3, 0.4) is 0 Å². The van der Waals surface area contributed by atoms with Gasteiger partial charge in [-0.2, -0.15) is 0 Å². The molecule has 1 fully saturated rings. The van der Waals surface area contributed by atoms with Crippen LogP contribution in [0.2, 0.25) is 0 Å². The van der Waals surface area contributed by atoms with Crippen LogP contribution in [0.5, 0.6) is 0 Å². The standard InChI is InChI=1S/C12H17N3O/c1-8-3-4-14-11(5-8)15-12(16)10-7-13-6-9(10)2/h3-5,9-10,13H,6-7H2,1-2H3,(H,14,15,16)/t9-,10-/m1/s1. The van der Waals surface area contributed by atoms with Crippen molar-refractivity contribution in [2.24, 2.45) is 11.8 Å². The van der Waals surface area contributed by atoms with E-state index in [0.717, 1.165) is 18.7 Å². The molecule has 2 rings (SSSR count). The number of amides is 1. The van der Waals surface area contributed by atoms with E-state index in [1.165, 1.54) is 0 Å². The lowest BCUT2D eigenvalue weighted by Gasteiger charge is -2.13. The molecule has 1 aromatic heterocycles. The third kappa shape index (κ3) is 2.39.